The molecule has 8 heteroatoms. The minimum atomic E-state index is -4.03. The molecule has 0 aromatic heterocycles. The predicted molar refractivity (Wildman–Crippen MR) is 74.7 cm³/mol. The molecule has 5 nitrogen and oxygen atoms in total. The summed E-state index contributed by atoms with van der Waals surface area (Å²) in [7, 11) is -4.03. The van der Waals surface area contributed by atoms with E-state index in [0.717, 1.165) is 12.1 Å². The third-order valence-corrected chi connectivity index (χ3v) is 3.99. The Morgan fingerprint density at radius 3 is 2.36 bits per heavy atom. The van der Waals surface area contributed by atoms with Crippen molar-refractivity contribution in [3.63, 3.8) is 0 Å². The summed E-state index contributed by atoms with van der Waals surface area (Å²) in [4.78, 5) is -0.392. The van der Waals surface area contributed by atoms with Crippen LogP contribution in [0.4, 0.5) is 14.5 Å². The van der Waals surface area contributed by atoms with E-state index in [2.05, 4.69) is 4.72 Å². The highest BCUT2D eigenvalue weighted by Crippen LogP contribution is 2.20. The highest BCUT2D eigenvalue weighted by molar-refractivity contribution is 7.92. The lowest BCUT2D eigenvalue weighted by atomic mass is 10.3. The van der Waals surface area contributed by atoms with Crippen molar-refractivity contribution >= 4 is 15.7 Å². The van der Waals surface area contributed by atoms with Crippen molar-refractivity contribution in [2.24, 2.45) is 0 Å². The Morgan fingerprint density at radius 2 is 1.77 bits per heavy atom. The molecule has 0 saturated heterocycles. The molecule has 0 amide bonds. The maximum atomic E-state index is 13.1. The van der Waals surface area contributed by atoms with Gasteiger partial charge in [0, 0.05) is 5.69 Å². The van der Waals surface area contributed by atoms with Gasteiger partial charge >= 0.3 is 0 Å². The van der Waals surface area contributed by atoms with Gasteiger partial charge in [-0.3, -0.25) is 4.72 Å². The van der Waals surface area contributed by atoms with Crippen molar-refractivity contribution in [3.8, 4) is 11.8 Å². The van der Waals surface area contributed by atoms with Crippen LogP contribution in [0.25, 0.3) is 0 Å². The fourth-order valence-electron chi connectivity index (χ4n) is 1.59. The third kappa shape index (κ3) is 3.71. The Balaban J connectivity index is 2.18. The van der Waals surface area contributed by atoms with Crippen LogP contribution in [0.15, 0.2) is 47.4 Å². The van der Waals surface area contributed by atoms with Crippen LogP contribution in [0.1, 0.15) is 0 Å². The van der Waals surface area contributed by atoms with E-state index >= 15 is 0 Å². The minimum absolute atomic E-state index is 0.125. The first-order valence-corrected chi connectivity index (χ1v) is 7.48. The number of nitriles is 1. The van der Waals surface area contributed by atoms with Crippen molar-refractivity contribution in [2.45, 2.75) is 4.90 Å². The molecular formula is C14H10F2N2O3S. The molecule has 0 saturated carbocycles. The van der Waals surface area contributed by atoms with Crippen molar-refractivity contribution in [1.29, 1.82) is 5.26 Å². The van der Waals surface area contributed by atoms with E-state index in [1.807, 2.05) is 0 Å². The van der Waals surface area contributed by atoms with E-state index in [4.69, 9.17) is 10.00 Å². The number of sulfonamides is 1. The predicted octanol–water partition coefficient (Wildman–Crippen LogP) is 2.67. The van der Waals surface area contributed by atoms with Crippen LogP contribution in [0, 0.1) is 23.0 Å². The van der Waals surface area contributed by atoms with Crippen LogP contribution < -0.4 is 9.46 Å². The number of nitrogens with zero attached hydrogens (tertiary/aromatic N) is 1. The SMILES string of the molecule is N#CCOc1ccc(NS(=O)(=O)c2ccc(F)c(F)c2)cc1. The fraction of sp³-hybridized carbons (Fsp3) is 0.0714. The first-order valence-electron chi connectivity index (χ1n) is 6.00. The lowest BCUT2D eigenvalue weighted by Gasteiger charge is -2.09. The van der Waals surface area contributed by atoms with Gasteiger partial charge in [0.2, 0.25) is 0 Å². The molecule has 0 atom stereocenters. The Bertz CT molecular complexity index is 815. The van der Waals surface area contributed by atoms with Crippen molar-refractivity contribution in [1.82, 2.24) is 0 Å². The molecule has 0 bridgehead atoms. The third-order valence-electron chi connectivity index (χ3n) is 2.61. The molecule has 0 spiro atoms. The monoisotopic (exact) mass is 324 g/mol. The number of hydrogen-bond donors (Lipinski definition) is 1. The van der Waals surface area contributed by atoms with Gasteiger partial charge in [-0.05, 0) is 42.5 Å². The van der Waals surface area contributed by atoms with Gasteiger partial charge in [0.15, 0.2) is 18.2 Å². The largest absolute Gasteiger partial charge is 0.479 e. The van der Waals surface area contributed by atoms with Crippen molar-refractivity contribution in [3.05, 3.63) is 54.1 Å². The molecule has 0 fully saturated rings. The van der Waals surface area contributed by atoms with E-state index in [1.165, 1.54) is 24.3 Å². The van der Waals surface area contributed by atoms with Gasteiger partial charge in [0.25, 0.3) is 10.0 Å². The lowest BCUT2D eigenvalue weighted by molar-refractivity contribution is 0.368. The topological polar surface area (TPSA) is 79.2 Å². The molecule has 0 aliphatic carbocycles. The number of hydrogen-bond acceptors (Lipinski definition) is 4. The molecule has 0 aliphatic heterocycles. The van der Waals surface area contributed by atoms with Crippen molar-refractivity contribution in [2.75, 3.05) is 11.3 Å². The normalized spacial score (nSPS) is 10.8. The first kappa shape index (κ1) is 15.7. The van der Waals surface area contributed by atoms with Crippen molar-refractivity contribution < 1.29 is 21.9 Å². The van der Waals surface area contributed by atoms with Crippen LogP contribution in [0.5, 0.6) is 5.75 Å². The van der Waals surface area contributed by atoms with E-state index in [0.29, 0.717) is 11.8 Å². The average Bonchev–Trinajstić information content (AvgIpc) is 2.49. The lowest BCUT2D eigenvalue weighted by Crippen LogP contribution is -2.13. The van der Waals surface area contributed by atoms with E-state index < -0.39 is 26.6 Å². The highest BCUT2D eigenvalue weighted by atomic mass is 32.2. The quantitative estimate of drug-likeness (QED) is 0.917. The van der Waals surface area contributed by atoms with Crippen LogP contribution in [-0.2, 0) is 10.0 Å². The summed E-state index contributed by atoms with van der Waals surface area (Å²) in [5, 5.41) is 8.38. The van der Waals surface area contributed by atoms with Gasteiger partial charge in [0.1, 0.15) is 11.8 Å². The summed E-state index contributed by atoms with van der Waals surface area (Å²) in [6, 6.07) is 9.89. The zero-order valence-corrected chi connectivity index (χ0v) is 11.9. The van der Waals surface area contributed by atoms with E-state index in [1.54, 1.807) is 6.07 Å². The molecule has 2 aromatic carbocycles. The number of nitrogens with one attached hydrogen (secondary N) is 1. The molecule has 0 aliphatic rings. The number of halogens is 2. The summed E-state index contributed by atoms with van der Waals surface area (Å²) in [5.74, 6) is -1.97. The Morgan fingerprint density at radius 1 is 1.09 bits per heavy atom. The summed E-state index contributed by atoms with van der Waals surface area (Å²) < 4.78 is 57.3. The van der Waals surface area contributed by atoms with Gasteiger partial charge in [-0.15, -0.1) is 0 Å². The summed E-state index contributed by atoms with van der Waals surface area (Å²) in [5.41, 5.74) is 0.217. The van der Waals surface area contributed by atoms with Gasteiger partial charge in [0.05, 0.1) is 4.90 Å². The standard InChI is InChI=1S/C14H10F2N2O3S/c15-13-6-5-12(9-14(13)16)22(19,20)18-10-1-3-11(4-2-10)21-8-7-17/h1-6,9,18H,8H2. The van der Waals surface area contributed by atoms with Gasteiger partial charge in [-0.2, -0.15) is 5.26 Å². The molecule has 2 aromatic rings. The molecular weight excluding hydrogens is 314 g/mol. The first-order chi connectivity index (χ1) is 10.4. The maximum absolute atomic E-state index is 13.1. The van der Waals surface area contributed by atoms with Gasteiger partial charge < -0.3 is 4.74 Å². The second-order valence-electron chi connectivity index (χ2n) is 4.15. The fourth-order valence-corrected chi connectivity index (χ4v) is 2.66. The van der Waals surface area contributed by atoms with Crippen LogP contribution >= 0.6 is 0 Å². The van der Waals surface area contributed by atoms with E-state index in [9.17, 15) is 17.2 Å². The molecule has 1 N–H and O–H groups in total. The highest BCUT2D eigenvalue weighted by Gasteiger charge is 2.16. The maximum Gasteiger partial charge on any atom is 0.261 e. The van der Waals surface area contributed by atoms with E-state index in [-0.39, 0.29) is 12.3 Å². The van der Waals surface area contributed by atoms with Gasteiger partial charge in [-0.25, -0.2) is 17.2 Å². The zero-order chi connectivity index (χ0) is 16.2. The number of ether oxygens (including phenoxy) is 1. The zero-order valence-electron chi connectivity index (χ0n) is 11.1. The molecule has 2 rings (SSSR count). The summed E-state index contributed by atoms with van der Waals surface area (Å²) in [6.45, 7) is -0.125. The minimum Gasteiger partial charge on any atom is -0.479 e. The van der Waals surface area contributed by atoms with Crippen LogP contribution in [0.3, 0.4) is 0 Å². The Kier molecular flexibility index (Phi) is 4.58. The van der Waals surface area contributed by atoms with Crippen LogP contribution in [-0.4, -0.2) is 15.0 Å². The Hall–Kier alpha value is -2.66. The number of anilines is 1. The molecule has 114 valence electrons. The smallest absolute Gasteiger partial charge is 0.261 e. The summed E-state index contributed by atoms with van der Waals surface area (Å²) >= 11 is 0. The average molecular weight is 324 g/mol. The van der Waals surface area contributed by atoms with Crippen LogP contribution in [0.2, 0.25) is 0 Å². The Labute approximate surface area is 125 Å². The number of benzene rings is 2. The second kappa shape index (κ2) is 6.41. The second-order valence-corrected chi connectivity index (χ2v) is 5.83. The molecule has 0 unspecified atom stereocenters. The molecule has 0 heterocycles. The van der Waals surface area contributed by atoms with Gasteiger partial charge in [-0.1, -0.05) is 0 Å². The molecule has 22 heavy (non-hydrogen) atoms. The summed E-state index contributed by atoms with van der Waals surface area (Å²) in [6.07, 6.45) is 0. The molecule has 0 radical (unpaired) electrons. The number of rotatable bonds is 5.